The SMILES string of the molecule is CCS(=O)(=O)c1ccc(CCCCC#N)cc1. The van der Waals surface area contributed by atoms with Gasteiger partial charge in [0.15, 0.2) is 9.84 Å². The van der Waals surface area contributed by atoms with Crippen molar-refractivity contribution >= 4 is 9.84 Å². The summed E-state index contributed by atoms with van der Waals surface area (Å²) < 4.78 is 23.2. The predicted molar refractivity (Wildman–Crippen MR) is 67.3 cm³/mol. The van der Waals surface area contributed by atoms with Crippen molar-refractivity contribution in [3.8, 4) is 6.07 Å². The lowest BCUT2D eigenvalue weighted by molar-refractivity contribution is 0.597. The zero-order valence-electron chi connectivity index (χ0n) is 10.0. The van der Waals surface area contributed by atoms with Crippen molar-refractivity contribution in [2.45, 2.75) is 37.5 Å². The summed E-state index contributed by atoms with van der Waals surface area (Å²) in [5, 5.41) is 8.40. The van der Waals surface area contributed by atoms with Crippen LogP contribution in [0.5, 0.6) is 0 Å². The molecule has 3 nitrogen and oxygen atoms in total. The minimum atomic E-state index is -3.09. The molecule has 0 saturated carbocycles. The molecule has 0 fully saturated rings. The molecule has 0 unspecified atom stereocenters. The number of rotatable bonds is 6. The Kier molecular flexibility index (Phi) is 5.17. The van der Waals surface area contributed by atoms with Crippen LogP contribution in [0.2, 0.25) is 0 Å². The summed E-state index contributed by atoms with van der Waals surface area (Å²) in [6.07, 6.45) is 3.34. The first kappa shape index (κ1) is 13.7. The molecule has 1 rings (SSSR count). The van der Waals surface area contributed by atoms with Crippen LogP contribution in [-0.2, 0) is 16.3 Å². The Morgan fingerprint density at radius 2 is 1.82 bits per heavy atom. The summed E-state index contributed by atoms with van der Waals surface area (Å²) in [6, 6.07) is 9.15. The second-order valence-corrected chi connectivity index (χ2v) is 6.19. The first-order valence-electron chi connectivity index (χ1n) is 5.79. The summed E-state index contributed by atoms with van der Waals surface area (Å²) in [6.45, 7) is 1.64. The molecule has 1 aromatic carbocycles. The van der Waals surface area contributed by atoms with Crippen LogP contribution in [0.1, 0.15) is 31.7 Å². The Bertz CT molecular complexity index is 483. The summed E-state index contributed by atoms with van der Waals surface area (Å²) in [5.74, 6) is 0.133. The molecule has 92 valence electrons. The maximum absolute atomic E-state index is 11.6. The van der Waals surface area contributed by atoms with E-state index in [9.17, 15) is 8.42 Å². The van der Waals surface area contributed by atoms with Crippen LogP contribution in [0.3, 0.4) is 0 Å². The normalized spacial score (nSPS) is 11.1. The van der Waals surface area contributed by atoms with E-state index < -0.39 is 9.84 Å². The minimum absolute atomic E-state index is 0.133. The monoisotopic (exact) mass is 251 g/mol. The Morgan fingerprint density at radius 3 is 2.35 bits per heavy atom. The lowest BCUT2D eigenvalue weighted by Crippen LogP contribution is -2.03. The average Bonchev–Trinajstić information content (AvgIpc) is 2.35. The third kappa shape index (κ3) is 4.20. The molecule has 0 aromatic heterocycles. The van der Waals surface area contributed by atoms with Crippen LogP contribution < -0.4 is 0 Å². The number of nitrogens with zero attached hydrogens (tertiary/aromatic N) is 1. The highest BCUT2D eigenvalue weighted by Crippen LogP contribution is 2.14. The Morgan fingerprint density at radius 1 is 1.18 bits per heavy atom. The van der Waals surface area contributed by atoms with Gasteiger partial charge in [-0.3, -0.25) is 0 Å². The Labute approximate surface area is 103 Å². The molecule has 0 heterocycles. The number of sulfone groups is 1. The minimum Gasteiger partial charge on any atom is -0.224 e. The zero-order valence-corrected chi connectivity index (χ0v) is 10.8. The largest absolute Gasteiger partial charge is 0.224 e. The average molecular weight is 251 g/mol. The molecule has 0 aliphatic rings. The van der Waals surface area contributed by atoms with Gasteiger partial charge in [-0.1, -0.05) is 19.1 Å². The Hall–Kier alpha value is -1.34. The zero-order chi connectivity index (χ0) is 12.7. The smallest absolute Gasteiger partial charge is 0.178 e. The van der Waals surface area contributed by atoms with E-state index in [4.69, 9.17) is 5.26 Å². The highest BCUT2D eigenvalue weighted by molar-refractivity contribution is 7.91. The molecule has 0 bridgehead atoms. The second-order valence-electron chi connectivity index (χ2n) is 3.91. The van der Waals surface area contributed by atoms with Crippen LogP contribution in [0.4, 0.5) is 0 Å². The van der Waals surface area contributed by atoms with Crippen molar-refractivity contribution < 1.29 is 8.42 Å². The van der Waals surface area contributed by atoms with Gasteiger partial charge in [-0.15, -0.1) is 0 Å². The third-order valence-electron chi connectivity index (χ3n) is 2.67. The van der Waals surface area contributed by atoms with Crippen molar-refractivity contribution in [3.05, 3.63) is 29.8 Å². The van der Waals surface area contributed by atoms with Crippen molar-refractivity contribution in [1.82, 2.24) is 0 Å². The van der Waals surface area contributed by atoms with E-state index in [1.807, 2.05) is 12.1 Å². The predicted octanol–water partition coefficient (Wildman–Crippen LogP) is 2.72. The van der Waals surface area contributed by atoms with Gasteiger partial charge in [0, 0.05) is 6.42 Å². The molecule has 0 aliphatic carbocycles. The van der Waals surface area contributed by atoms with E-state index in [0.717, 1.165) is 24.8 Å². The molecular formula is C13H17NO2S. The highest BCUT2D eigenvalue weighted by atomic mass is 32.2. The summed E-state index contributed by atoms with van der Waals surface area (Å²) in [4.78, 5) is 0.390. The van der Waals surface area contributed by atoms with Crippen molar-refractivity contribution in [1.29, 1.82) is 5.26 Å². The fraction of sp³-hybridized carbons (Fsp3) is 0.462. The number of benzene rings is 1. The van der Waals surface area contributed by atoms with Gasteiger partial charge in [-0.2, -0.15) is 5.26 Å². The number of nitriles is 1. The summed E-state index contributed by atoms with van der Waals surface area (Å²) in [5.41, 5.74) is 1.12. The summed E-state index contributed by atoms with van der Waals surface area (Å²) >= 11 is 0. The van der Waals surface area contributed by atoms with Gasteiger partial charge in [0.1, 0.15) is 0 Å². The van der Waals surface area contributed by atoms with Crippen LogP contribution in [0, 0.1) is 11.3 Å². The molecule has 1 aromatic rings. The first-order chi connectivity index (χ1) is 8.10. The second kappa shape index (κ2) is 6.41. The molecule has 4 heteroatoms. The first-order valence-corrected chi connectivity index (χ1v) is 7.44. The van der Waals surface area contributed by atoms with Gasteiger partial charge < -0.3 is 0 Å². The van der Waals surface area contributed by atoms with Gasteiger partial charge in [0.25, 0.3) is 0 Å². The summed E-state index contributed by atoms with van der Waals surface area (Å²) in [7, 11) is -3.09. The maximum Gasteiger partial charge on any atom is 0.178 e. The number of hydrogen-bond acceptors (Lipinski definition) is 3. The van der Waals surface area contributed by atoms with Gasteiger partial charge in [0.2, 0.25) is 0 Å². The fourth-order valence-corrected chi connectivity index (χ4v) is 2.45. The van der Waals surface area contributed by atoms with E-state index >= 15 is 0 Å². The van der Waals surface area contributed by atoms with Crippen molar-refractivity contribution in [2.24, 2.45) is 0 Å². The van der Waals surface area contributed by atoms with E-state index in [1.165, 1.54) is 0 Å². The lowest BCUT2D eigenvalue weighted by Gasteiger charge is -2.03. The number of unbranched alkanes of at least 4 members (excludes halogenated alkanes) is 2. The molecule has 0 N–H and O–H groups in total. The number of aryl methyl sites for hydroxylation is 1. The fourth-order valence-electron chi connectivity index (χ4n) is 1.56. The van der Waals surface area contributed by atoms with Crippen LogP contribution >= 0.6 is 0 Å². The maximum atomic E-state index is 11.6. The van der Waals surface area contributed by atoms with Gasteiger partial charge >= 0.3 is 0 Å². The number of hydrogen-bond donors (Lipinski definition) is 0. The molecule has 0 radical (unpaired) electrons. The lowest BCUT2D eigenvalue weighted by atomic mass is 10.1. The van der Waals surface area contributed by atoms with E-state index in [-0.39, 0.29) is 5.75 Å². The quantitative estimate of drug-likeness (QED) is 0.730. The van der Waals surface area contributed by atoms with Crippen LogP contribution in [0.25, 0.3) is 0 Å². The van der Waals surface area contributed by atoms with Gasteiger partial charge in [-0.05, 0) is 37.0 Å². The Balaban J connectivity index is 2.60. The molecule has 0 spiro atoms. The molecule has 0 amide bonds. The van der Waals surface area contributed by atoms with Crippen molar-refractivity contribution in [2.75, 3.05) is 5.75 Å². The highest BCUT2D eigenvalue weighted by Gasteiger charge is 2.10. The van der Waals surface area contributed by atoms with E-state index in [1.54, 1.807) is 19.1 Å². The third-order valence-corrected chi connectivity index (χ3v) is 4.42. The van der Waals surface area contributed by atoms with Gasteiger partial charge in [0.05, 0.1) is 16.7 Å². The van der Waals surface area contributed by atoms with Crippen LogP contribution in [-0.4, -0.2) is 14.2 Å². The molecule has 0 atom stereocenters. The topological polar surface area (TPSA) is 57.9 Å². The van der Waals surface area contributed by atoms with E-state index in [2.05, 4.69) is 6.07 Å². The molecular weight excluding hydrogens is 234 g/mol. The standard InChI is InChI=1S/C13H17NO2S/c1-2-17(15,16)13-9-7-12(8-10-13)6-4-3-5-11-14/h7-10H,2-6H2,1H3. The van der Waals surface area contributed by atoms with Crippen LogP contribution in [0.15, 0.2) is 29.2 Å². The van der Waals surface area contributed by atoms with Crippen molar-refractivity contribution in [3.63, 3.8) is 0 Å². The van der Waals surface area contributed by atoms with Gasteiger partial charge in [-0.25, -0.2) is 8.42 Å². The molecule has 0 saturated heterocycles. The molecule has 17 heavy (non-hydrogen) atoms. The van der Waals surface area contributed by atoms with E-state index in [0.29, 0.717) is 11.3 Å². The molecule has 0 aliphatic heterocycles.